The number of alkyl halides is 2. The molecule has 4 nitrogen and oxygen atoms in total. The molecule has 1 saturated carbocycles. The van der Waals surface area contributed by atoms with E-state index in [4.69, 9.17) is 55.9 Å². The van der Waals surface area contributed by atoms with Gasteiger partial charge in [0.25, 0.3) is 0 Å². The molecule has 0 radical (unpaired) electrons. The van der Waals surface area contributed by atoms with Gasteiger partial charge in [0.15, 0.2) is 4.87 Å². The molecule has 2 rings (SSSR count). The van der Waals surface area contributed by atoms with E-state index in [1.807, 2.05) is 0 Å². The highest BCUT2D eigenvalue weighted by Gasteiger charge is 2.85. The summed E-state index contributed by atoms with van der Waals surface area (Å²) >= 11 is 25.4. The van der Waals surface area contributed by atoms with Crippen LogP contribution in [-0.4, -0.2) is 40.8 Å². The lowest BCUT2D eigenvalue weighted by Gasteiger charge is -2.41. The van der Waals surface area contributed by atoms with Crippen LogP contribution in [-0.2, 0) is 14.3 Å². The van der Waals surface area contributed by atoms with Crippen molar-refractivity contribution in [2.75, 3.05) is 14.2 Å². The van der Waals surface area contributed by atoms with E-state index in [2.05, 4.69) is 0 Å². The Balaban J connectivity index is 2.81. The maximum Gasteiger partial charge on any atom is 0.309 e. The number of carboxylic acids is 1. The third kappa shape index (κ3) is 1.34. The molecule has 4 atom stereocenters. The molecule has 19 heavy (non-hydrogen) atoms. The minimum Gasteiger partial charge on any atom is -0.481 e. The maximum absolute atomic E-state index is 11.5. The summed E-state index contributed by atoms with van der Waals surface area (Å²) < 4.78 is 10.7. The predicted molar refractivity (Wildman–Crippen MR) is 72.9 cm³/mol. The van der Waals surface area contributed by atoms with Crippen molar-refractivity contribution in [1.82, 2.24) is 0 Å². The molecule has 0 aromatic rings. The summed E-state index contributed by atoms with van der Waals surface area (Å²) in [5, 5.41) is 9.46. The second-order valence-electron chi connectivity index (χ2n) is 4.68. The fraction of sp³-hybridized carbons (Fsp3) is 0.727. The lowest BCUT2D eigenvalue weighted by molar-refractivity contribution is -0.220. The first kappa shape index (κ1) is 15.7. The van der Waals surface area contributed by atoms with Crippen LogP contribution in [0.4, 0.5) is 0 Å². The van der Waals surface area contributed by atoms with Gasteiger partial charge in [-0.2, -0.15) is 0 Å². The molecule has 0 amide bonds. The molecule has 1 N–H and O–H groups in total. The van der Waals surface area contributed by atoms with Gasteiger partial charge in [-0.3, -0.25) is 4.79 Å². The zero-order chi connectivity index (χ0) is 14.8. The van der Waals surface area contributed by atoms with Crippen LogP contribution in [0.3, 0.4) is 0 Å². The SMILES string of the molecule is COC1(OC)[C@]2(Cl)C(Cl)=C(Cl)[C@]1(Cl)C(C(=O)O)C2C. The molecule has 2 unspecified atom stereocenters. The normalized spacial score (nSPS) is 43.9. The number of hydrogen-bond donors (Lipinski definition) is 1. The largest absolute Gasteiger partial charge is 0.481 e. The molecular formula is C11H12Cl4O4. The standard InChI is InChI=1S/C11H12Cl4O4/c1-4-5(8(16)17)10(15)7(13)6(12)9(4,14)11(10,18-2)19-3/h4-5H,1-3H3,(H,16,17)/t4?,5?,9-,10-/m1/s1. The van der Waals surface area contributed by atoms with E-state index in [1.54, 1.807) is 6.92 Å². The summed E-state index contributed by atoms with van der Waals surface area (Å²) in [4.78, 5) is 8.43. The van der Waals surface area contributed by atoms with Crippen molar-refractivity contribution in [2.45, 2.75) is 22.5 Å². The number of hydrogen-bond acceptors (Lipinski definition) is 3. The minimum absolute atomic E-state index is 0.0416. The Hall–Kier alpha value is 0.290. The fourth-order valence-corrected chi connectivity index (χ4v) is 5.54. The summed E-state index contributed by atoms with van der Waals surface area (Å²) in [7, 11) is 2.66. The van der Waals surface area contributed by atoms with E-state index in [-0.39, 0.29) is 10.1 Å². The molecule has 0 aliphatic heterocycles. The number of halogens is 4. The lowest BCUT2D eigenvalue weighted by atomic mass is 9.83. The molecule has 108 valence electrons. The highest BCUT2D eigenvalue weighted by Crippen LogP contribution is 2.73. The van der Waals surface area contributed by atoms with E-state index >= 15 is 0 Å². The predicted octanol–water partition coefficient (Wildman–Crippen LogP) is 2.98. The number of carboxylic acid groups (broad SMARTS) is 1. The average Bonchev–Trinajstić information content (AvgIpc) is 2.58. The number of ether oxygens (including phenoxy) is 2. The quantitative estimate of drug-likeness (QED) is 0.628. The van der Waals surface area contributed by atoms with Crippen LogP contribution < -0.4 is 0 Å². The number of rotatable bonds is 3. The molecular weight excluding hydrogens is 338 g/mol. The molecule has 8 heteroatoms. The number of fused-ring (bicyclic) bond motifs is 2. The molecule has 0 heterocycles. The van der Waals surface area contributed by atoms with E-state index < -0.39 is 33.3 Å². The van der Waals surface area contributed by atoms with E-state index in [0.29, 0.717) is 0 Å². The highest BCUT2D eigenvalue weighted by molar-refractivity contribution is 6.52. The van der Waals surface area contributed by atoms with Crippen LogP contribution in [0, 0.1) is 11.8 Å². The van der Waals surface area contributed by atoms with Gasteiger partial charge in [-0.15, -0.1) is 23.2 Å². The number of methoxy groups -OCH3 is 2. The molecule has 2 aliphatic carbocycles. The van der Waals surface area contributed by atoms with Crippen LogP contribution in [0.2, 0.25) is 0 Å². The van der Waals surface area contributed by atoms with Gasteiger partial charge < -0.3 is 14.6 Å². The molecule has 2 bridgehead atoms. The topological polar surface area (TPSA) is 55.8 Å². The van der Waals surface area contributed by atoms with Crippen LogP contribution in [0.25, 0.3) is 0 Å². The van der Waals surface area contributed by atoms with E-state index in [1.165, 1.54) is 14.2 Å². The Kier molecular flexibility index (Phi) is 3.62. The van der Waals surface area contributed by atoms with Gasteiger partial charge in [0, 0.05) is 20.1 Å². The van der Waals surface area contributed by atoms with Crippen molar-refractivity contribution in [3.63, 3.8) is 0 Å². The highest BCUT2D eigenvalue weighted by atomic mass is 35.5. The lowest BCUT2D eigenvalue weighted by Crippen LogP contribution is -2.57. The Morgan fingerprint density at radius 1 is 1.16 bits per heavy atom. The molecule has 0 spiro atoms. The van der Waals surface area contributed by atoms with Crippen LogP contribution in [0.5, 0.6) is 0 Å². The van der Waals surface area contributed by atoms with Gasteiger partial charge in [0.1, 0.15) is 4.87 Å². The van der Waals surface area contributed by atoms with Crippen LogP contribution >= 0.6 is 46.4 Å². The summed E-state index contributed by atoms with van der Waals surface area (Å²) in [5.74, 6) is -4.48. The maximum atomic E-state index is 11.5. The Morgan fingerprint density at radius 2 is 1.58 bits per heavy atom. The fourth-order valence-electron chi connectivity index (χ4n) is 3.35. The molecule has 1 fully saturated rings. The Morgan fingerprint density at radius 3 is 1.89 bits per heavy atom. The Bertz CT molecular complexity index is 475. The number of aliphatic carboxylic acids is 1. The van der Waals surface area contributed by atoms with Gasteiger partial charge >= 0.3 is 5.97 Å². The molecule has 0 aromatic heterocycles. The second-order valence-corrected chi connectivity index (χ2v) is 6.63. The van der Waals surface area contributed by atoms with Gasteiger partial charge in [0.05, 0.1) is 16.0 Å². The smallest absolute Gasteiger partial charge is 0.309 e. The first-order chi connectivity index (χ1) is 8.66. The first-order valence-electron chi connectivity index (χ1n) is 5.44. The van der Waals surface area contributed by atoms with Gasteiger partial charge in [-0.25, -0.2) is 0 Å². The van der Waals surface area contributed by atoms with Crippen molar-refractivity contribution in [3.8, 4) is 0 Å². The average molecular weight is 350 g/mol. The van der Waals surface area contributed by atoms with Gasteiger partial charge in [0.2, 0.25) is 5.79 Å². The molecule has 0 aromatic carbocycles. The minimum atomic E-state index is -1.66. The van der Waals surface area contributed by atoms with E-state index in [9.17, 15) is 9.90 Å². The van der Waals surface area contributed by atoms with Crippen molar-refractivity contribution in [1.29, 1.82) is 0 Å². The molecule has 2 aliphatic rings. The van der Waals surface area contributed by atoms with Crippen molar-refractivity contribution in [2.24, 2.45) is 11.8 Å². The number of carbonyl (C=O) groups is 1. The molecule has 0 saturated heterocycles. The third-order valence-corrected chi connectivity index (χ3v) is 6.91. The Labute approximate surface area is 130 Å². The summed E-state index contributed by atoms with van der Waals surface area (Å²) in [6.07, 6.45) is 0. The van der Waals surface area contributed by atoms with Gasteiger partial charge in [-0.05, 0) is 0 Å². The van der Waals surface area contributed by atoms with Crippen molar-refractivity contribution < 1.29 is 19.4 Å². The third-order valence-electron chi connectivity index (χ3n) is 4.19. The zero-order valence-corrected chi connectivity index (χ0v) is 13.4. The van der Waals surface area contributed by atoms with E-state index in [0.717, 1.165) is 0 Å². The van der Waals surface area contributed by atoms with Crippen molar-refractivity contribution >= 4 is 52.4 Å². The monoisotopic (exact) mass is 348 g/mol. The summed E-state index contributed by atoms with van der Waals surface area (Å²) in [6.45, 7) is 1.63. The summed E-state index contributed by atoms with van der Waals surface area (Å²) in [5.41, 5.74) is 0. The van der Waals surface area contributed by atoms with Crippen molar-refractivity contribution in [3.05, 3.63) is 10.1 Å². The van der Waals surface area contributed by atoms with Crippen LogP contribution in [0.1, 0.15) is 6.92 Å². The van der Waals surface area contributed by atoms with Crippen LogP contribution in [0.15, 0.2) is 10.1 Å². The first-order valence-corrected chi connectivity index (χ1v) is 6.95. The summed E-state index contributed by atoms with van der Waals surface area (Å²) in [6, 6.07) is 0. The van der Waals surface area contributed by atoms with Gasteiger partial charge in [-0.1, -0.05) is 30.1 Å². The second kappa shape index (κ2) is 4.39. The zero-order valence-electron chi connectivity index (χ0n) is 10.3.